The van der Waals surface area contributed by atoms with E-state index in [1.54, 1.807) is 0 Å². The number of aryl methyl sites for hydroxylation is 1. The Morgan fingerprint density at radius 1 is 1.39 bits per heavy atom. The number of ether oxygens (including phenoxy) is 1. The first-order chi connectivity index (χ1) is 8.63. The summed E-state index contributed by atoms with van der Waals surface area (Å²) in [5, 5.41) is 0. The molecule has 0 radical (unpaired) electrons. The number of rotatable bonds is 4. The van der Waals surface area contributed by atoms with E-state index < -0.39 is 5.97 Å². The maximum absolute atomic E-state index is 11.5. The van der Waals surface area contributed by atoms with Gasteiger partial charge >= 0.3 is 5.97 Å². The summed E-state index contributed by atoms with van der Waals surface area (Å²) in [5.41, 5.74) is 6.17. The monoisotopic (exact) mass is 252 g/mol. The Bertz CT molecular complexity index is 436. The average Bonchev–Trinajstić information content (AvgIpc) is 2.96. The summed E-state index contributed by atoms with van der Waals surface area (Å²) in [4.78, 5) is 18.0. The van der Waals surface area contributed by atoms with Gasteiger partial charge in [-0.1, -0.05) is 0 Å². The van der Waals surface area contributed by atoms with Crippen LogP contribution in [0.5, 0.6) is 0 Å². The zero-order valence-corrected chi connectivity index (χ0v) is 11.0. The number of imidazole rings is 1. The molecule has 0 aliphatic carbocycles. The van der Waals surface area contributed by atoms with Gasteiger partial charge in [0.25, 0.3) is 0 Å². The average molecular weight is 252 g/mol. The molecule has 1 aromatic rings. The van der Waals surface area contributed by atoms with Crippen LogP contribution in [0.1, 0.15) is 29.2 Å². The normalized spacial score (nSPS) is 16.1. The number of carbonyl (C=O) groups is 1. The van der Waals surface area contributed by atoms with Crippen molar-refractivity contribution in [2.45, 2.75) is 26.3 Å². The van der Waals surface area contributed by atoms with Crippen LogP contribution in [0.25, 0.3) is 0 Å². The molecule has 1 aliphatic heterocycles. The van der Waals surface area contributed by atoms with Gasteiger partial charge in [0.2, 0.25) is 0 Å². The van der Waals surface area contributed by atoms with Gasteiger partial charge in [0, 0.05) is 13.1 Å². The Balaban J connectivity index is 2.07. The zero-order valence-electron chi connectivity index (χ0n) is 11.0. The number of carbonyl (C=O) groups excluding carboxylic acids is 1. The van der Waals surface area contributed by atoms with Gasteiger partial charge in [-0.25, -0.2) is 9.78 Å². The molecule has 1 aromatic heterocycles. The topological polar surface area (TPSA) is 73.4 Å². The first kappa shape index (κ1) is 12.9. The third kappa shape index (κ3) is 2.48. The summed E-state index contributed by atoms with van der Waals surface area (Å²) in [6.07, 6.45) is 2.54. The smallest absolute Gasteiger partial charge is 0.360 e. The van der Waals surface area contributed by atoms with Gasteiger partial charge < -0.3 is 19.9 Å². The fourth-order valence-corrected chi connectivity index (χ4v) is 2.36. The molecule has 1 saturated heterocycles. The first-order valence-electron chi connectivity index (χ1n) is 6.26. The highest BCUT2D eigenvalue weighted by molar-refractivity contribution is 5.92. The van der Waals surface area contributed by atoms with Gasteiger partial charge in [0.15, 0.2) is 5.69 Å². The minimum Gasteiger partial charge on any atom is -0.464 e. The molecule has 18 heavy (non-hydrogen) atoms. The van der Waals surface area contributed by atoms with Crippen LogP contribution in [0.2, 0.25) is 0 Å². The second kappa shape index (κ2) is 5.39. The highest BCUT2D eigenvalue weighted by Gasteiger charge is 2.19. The van der Waals surface area contributed by atoms with Crippen molar-refractivity contribution in [2.75, 3.05) is 32.5 Å². The van der Waals surface area contributed by atoms with Gasteiger partial charge in [-0.3, -0.25) is 0 Å². The molecule has 0 spiro atoms. The summed E-state index contributed by atoms with van der Waals surface area (Å²) >= 11 is 0. The number of nitrogens with two attached hydrogens (primary N) is 1. The molecule has 0 saturated carbocycles. The molecule has 0 atom stereocenters. The fourth-order valence-electron chi connectivity index (χ4n) is 2.36. The Morgan fingerprint density at radius 3 is 2.67 bits per heavy atom. The molecule has 6 nitrogen and oxygen atoms in total. The Labute approximate surface area is 107 Å². The van der Waals surface area contributed by atoms with Gasteiger partial charge in [-0.15, -0.1) is 0 Å². The lowest BCUT2D eigenvalue weighted by atomic mass is 10.4. The summed E-state index contributed by atoms with van der Waals surface area (Å²) in [5.74, 6) is 0.682. The summed E-state index contributed by atoms with van der Waals surface area (Å²) < 4.78 is 6.54. The van der Waals surface area contributed by atoms with E-state index in [4.69, 9.17) is 5.73 Å². The number of likely N-dealkylation sites (tertiary alicyclic amines) is 1. The second-order valence-electron chi connectivity index (χ2n) is 4.58. The molecule has 0 aromatic carbocycles. The van der Waals surface area contributed by atoms with Crippen LogP contribution < -0.4 is 5.73 Å². The third-order valence-electron chi connectivity index (χ3n) is 3.41. The summed E-state index contributed by atoms with van der Waals surface area (Å²) in [6, 6.07) is 0. The van der Waals surface area contributed by atoms with Crippen LogP contribution in [-0.2, 0) is 11.3 Å². The molecule has 0 unspecified atom stereocenters. The number of nitrogens with zero attached hydrogens (tertiary/aromatic N) is 3. The SMILES string of the molecule is COC(=O)c1nc(C)n(CCN2CCCC2)c1N. The number of esters is 1. The molecule has 0 amide bonds. The second-order valence-corrected chi connectivity index (χ2v) is 4.58. The molecular formula is C12H20N4O2. The number of nitrogen functional groups attached to an aromatic ring is 1. The third-order valence-corrected chi connectivity index (χ3v) is 3.41. The van der Waals surface area contributed by atoms with E-state index in [9.17, 15) is 4.79 Å². The van der Waals surface area contributed by atoms with E-state index in [0.717, 1.165) is 32.0 Å². The highest BCUT2D eigenvalue weighted by atomic mass is 16.5. The van der Waals surface area contributed by atoms with E-state index in [-0.39, 0.29) is 5.69 Å². The molecule has 1 aliphatic rings. The highest BCUT2D eigenvalue weighted by Crippen LogP contribution is 2.16. The van der Waals surface area contributed by atoms with Crippen LogP contribution >= 0.6 is 0 Å². The van der Waals surface area contributed by atoms with Crippen molar-refractivity contribution in [2.24, 2.45) is 0 Å². The van der Waals surface area contributed by atoms with Crippen molar-refractivity contribution in [3.63, 3.8) is 0 Å². The van der Waals surface area contributed by atoms with Crippen LogP contribution in [-0.4, -0.2) is 47.2 Å². The van der Waals surface area contributed by atoms with Crippen molar-refractivity contribution in [3.05, 3.63) is 11.5 Å². The van der Waals surface area contributed by atoms with Crippen molar-refractivity contribution in [1.82, 2.24) is 14.5 Å². The molecule has 1 fully saturated rings. The van der Waals surface area contributed by atoms with Crippen molar-refractivity contribution in [3.8, 4) is 0 Å². The zero-order chi connectivity index (χ0) is 13.1. The molecule has 0 bridgehead atoms. The quantitative estimate of drug-likeness (QED) is 0.797. The maximum Gasteiger partial charge on any atom is 0.360 e. The molecular weight excluding hydrogens is 232 g/mol. The Morgan fingerprint density at radius 2 is 2.06 bits per heavy atom. The van der Waals surface area contributed by atoms with Crippen LogP contribution in [0.15, 0.2) is 0 Å². The van der Waals surface area contributed by atoms with Crippen molar-refractivity contribution in [1.29, 1.82) is 0 Å². The van der Waals surface area contributed by atoms with Crippen molar-refractivity contribution < 1.29 is 9.53 Å². The van der Waals surface area contributed by atoms with Crippen molar-refractivity contribution >= 4 is 11.8 Å². The van der Waals surface area contributed by atoms with Gasteiger partial charge in [-0.05, 0) is 32.9 Å². The number of methoxy groups -OCH3 is 1. The van der Waals surface area contributed by atoms with Crippen LogP contribution in [0.3, 0.4) is 0 Å². The van der Waals surface area contributed by atoms with Crippen LogP contribution in [0.4, 0.5) is 5.82 Å². The minimum atomic E-state index is -0.476. The van der Waals surface area contributed by atoms with E-state index in [0.29, 0.717) is 5.82 Å². The Kier molecular flexibility index (Phi) is 3.86. The maximum atomic E-state index is 11.5. The number of hydrogen-bond donors (Lipinski definition) is 1. The summed E-state index contributed by atoms with van der Waals surface area (Å²) in [6.45, 7) is 5.87. The predicted molar refractivity (Wildman–Crippen MR) is 68.4 cm³/mol. The number of aromatic nitrogens is 2. The number of anilines is 1. The lowest BCUT2D eigenvalue weighted by Crippen LogP contribution is -2.25. The summed E-state index contributed by atoms with van der Waals surface area (Å²) in [7, 11) is 1.33. The van der Waals surface area contributed by atoms with Gasteiger partial charge in [0.05, 0.1) is 7.11 Å². The molecule has 2 N–H and O–H groups in total. The van der Waals surface area contributed by atoms with Crippen LogP contribution in [0, 0.1) is 6.92 Å². The predicted octanol–water partition coefficient (Wildman–Crippen LogP) is 0.656. The molecule has 2 heterocycles. The lowest BCUT2D eigenvalue weighted by molar-refractivity contribution is 0.0595. The first-order valence-corrected chi connectivity index (χ1v) is 6.26. The number of hydrogen-bond acceptors (Lipinski definition) is 5. The van der Waals surface area contributed by atoms with E-state index >= 15 is 0 Å². The minimum absolute atomic E-state index is 0.219. The van der Waals surface area contributed by atoms with E-state index in [1.807, 2.05) is 11.5 Å². The fraction of sp³-hybridized carbons (Fsp3) is 0.667. The lowest BCUT2D eigenvalue weighted by Gasteiger charge is -2.16. The van der Waals surface area contributed by atoms with E-state index in [2.05, 4.69) is 14.6 Å². The largest absolute Gasteiger partial charge is 0.464 e. The molecule has 100 valence electrons. The molecule has 6 heteroatoms. The standard InChI is InChI=1S/C12H20N4O2/c1-9-14-10(12(17)18-2)11(13)16(9)8-7-15-5-3-4-6-15/h3-8,13H2,1-2H3. The molecule has 2 rings (SSSR count). The van der Waals surface area contributed by atoms with Gasteiger partial charge in [0.1, 0.15) is 11.6 Å². The van der Waals surface area contributed by atoms with E-state index in [1.165, 1.54) is 20.0 Å². The Hall–Kier alpha value is -1.56. The van der Waals surface area contributed by atoms with Gasteiger partial charge in [-0.2, -0.15) is 0 Å².